The van der Waals surface area contributed by atoms with Gasteiger partial charge in [-0.2, -0.15) is 0 Å². The number of phenols is 2. The van der Waals surface area contributed by atoms with E-state index in [9.17, 15) is 20.1 Å². The number of fused-ring (bicyclic) bond motifs is 1. The minimum Gasteiger partial charge on any atom is -0.504 e. The predicted octanol–water partition coefficient (Wildman–Crippen LogP) is 2.07. The van der Waals surface area contributed by atoms with Crippen molar-refractivity contribution in [2.75, 3.05) is 13.1 Å². The third kappa shape index (κ3) is 2.40. The van der Waals surface area contributed by atoms with Gasteiger partial charge in [0.15, 0.2) is 11.5 Å². The molecule has 2 aromatic rings. The van der Waals surface area contributed by atoms with Crippen LogP contribution in [0.25, 0.3) is 0 Å². The summed E-state index contributed by atoms with van der Waals surface area (Å²) in [5.41, 5.74) is 2.18. The molecule has 0 aromatic heterocycles. The van der Waals surface area contributed by atoms with E-state index in [1.165, 1.54) is 6.07 Å². The fourth-order valence-corrected chi connectivity index (χ4v) is 3.08. The number of aromatic hydroxyl groups is 2. The van der Waals surface area contributed by atoms with Crippen molar-refractivity contribution < 1.29 is 20.1 Å². The molecule has 5 heteroatoms. The molecule has 0 aliphatic carbocycles. The molecule has 0 amide bonds. The molecule has 1 atom stereocenters. The van der Waals surface area contributed by atoms with Gasteiger partial charge in [-0.25, -0.2) is 4.79 Å². The van der Waals surface area contributed by atoms with Crippen molar-refractivity contribution in [3.63, 3.8) is 0 Å². The third-order valence-corrected chi connectivity index (χ3v) is 4.11. The zero-order valence-electron chi connectivity index (χ0n) is 11.9. The maximum atomic E-state index is 11.5. The monoisotopic (exact) mass is 299 g/mol. The molecule has 114 valence electrons. The minimum absolute atomic E-state index is 0.0664. The molecule has 1 heterocycles. The van der Waals surface area contributed by atoms with Gasteiger partial charge in [-0.3, -0.25) is 0 Å². The second kappa shape index (κ2) is 5.69. The van der Waals surface area contributed by atoms with Crippen LogP contribution in [0.2, 0.25) is 0 Å². The molecule has 0 radical (unpaired) electrons. The number of carbonyl (C=O) groups is 1. The zero-order valence-corrected chi connectivity index (χ0v) is 11.9. The van der Waals surface area contributed by atoms with Gasteiger partial charge in [-0.1, -0.05) is 30.3 Å². The van der Waals surface area contributed by atoms with Crippen LogP contribution in [0.4, 0.5) is 0 Å². The fraction of sp³-hybridized carbons (Fsp3) is 0.235. The number of carboxylic acids is 1. The van der Waals surface area contributed by atoms with Crippen LogP contribution in [0, 0.1) is 0 Å². The second-order valence-corrected chi connectivity index (χ2v) is 5.41. The van der Waals surface area contributed by atoms with Crippen molar-refractivity contribution >= 4 is 5.97 Å². The highest BCUT2D eigenvalue weighted by atomic mass is 16.4. The summed E-state index contributed by atoms with van der Waals surface area (Å²) in [7, 11) is 0. The molecule has 1 aliphatic rings. The molecule has 22 heavy (non-hydrogen) atoms. The van der Waals surface area contributed by atoms with Crippen LogP contribution >= 0.6 is 0 Å². The Bertz CT molecular complexity index is 712. The number of benzene rings is 2. The molecule has 0 fully saturated rings. The quantitative estimate of drug-likeness (QED) is 0.637. The maximum Gasteiger partial charge on any atom is 0.339 e. The molecule has 4 N–H and O–H groups in total. The van der Waals surface area contributed by atoms with Crippen LogP contribution in [-0.4, -0.2) is 34.4 Å². The minimum atomic E-state index is -1.22. The molecule has 3 rings (SSSR count). The van der Waals surface area contributed by atoms with E-state index in [4.69, 9.17) is 0 Å². The Morgan fingerprint density at radius 3 is 2.59 bits per heavy atom. The molecule has 0 saturated carbocycles. The summed E-state index contributed by atoms with van der Waals surface area (Å²) < 4.78 is 0. The summed E-state index contributed by atoms with van der Waals surface area (Å²) in [4.78, 5) is 11.5. The van der Waals surface area contributed by atoms with Crippen molar-refractivity contribution in [3.8, 4) is 11.5 Å². The van der Waals surface area contributed by atoms with Crippen molar-refractivity contribution in [1.29, 1.82) is 0 Å². The van der Waals surface area contributed by atoms with E-state index in [-0.39, 0.29) is 17.2 Å². The van der Waals surface area contributed by atoms with E-state index in [0.717, 1.165) is 11.1 Å². The van der Waals surface area contributed by atoms with Gasteiger partial charge in [0.05, 0.1) is 0 Å². The largest absolute Gasteiger partial charge is 0.504 e. The third-order valence-electron chi connectivity index (χ3n) is 4.11. The average Bonchev–Trinajstić information content (AvgIpc) is 2.71. The highest BCUT2D eigenvalue weighted by molar-refractivity contribution is 5.94. The van der Waals surface area contributed by atoms with E-state index >= 15 is 0 Å². The Kier molecular flexibility index (Phi) is 3.73. The van der Waals surface area contributed by atoms with E-state index < -0.39 is 11.7 Å². The first-order chi connectivity index (χ1) is 10.6. The average molecular weight is 299 g/mol. The first kappa shape index (κ1) is 14.4. The number of aromatic carboxylic acids is 1. The van der Waals surface area contributed by atoms with E-state index in [2.05, 4.69) is 5.32 Å². The van der Waals surface area contributed by atoms with Gasteiger partial charge in [0, 0.05) is 12.5 Å². The summed E-state index contributed by atoms with van der Waals surface area (Å²) in [5, 5.41) is 32.5. The lowest BCUT2D eigenvalue weighted by molar-refractivity contribution is 0.0691. The molecule has 1 aliphatic heterocycles. The smallest absolute Gasteiger partial charge is 0.339 e. The molecule has 5 nitrogen and oxygen atoms in total. The number of hydrogen-bond donors (Lipinski definition) is 4. The number of hydrogen-bond acceptors (Lipinski definition) is 4. The Hall–Kier alpha value is -2.53. The highest BCUT2D eigenvalue weighted by Gasteiger charge is 2.28. The van der Waals surface area contributed by atoms with Gasteiger partial charge in [0.25, 0.3) is 0 Å². The Labute approximate surface area is 127 Å². The fourth-order valence-electron chi connectivity index (χ4n) is 3.08. The summed E-state index contributed by atoms with van der Waals surface area (Å²) in [6, 6.07) is 11.2. The van der Waals surface area contributed by atoms with E-state index in [1.54, 1.807) is 0 Å². The Balaban J connectivity index is 2.23. The van der Waals surface area contributed by atoms with Gasteiger partial charge in [-0.15, -0.1) is 0 Å². The number of phenolic OH excluding ortho intramolecular Hbond substituents is 1. The van der Waals surface area contributed by atoms with Gasteiger partial charge in [-0.05, 0) is 35.7 Å². The predicted molar refractivity (Wildman–Crippen MR) is 81.6 cm³/mol. The van der Waals surface area contributed by atoms with E-state index in [0.29, 0.717) is 25.1 Å². The highest BCUT2D eigenvalue weighted by Crippen LogP contribution is 2.40. The van der Waals surface area contributed by atoms with Crippen molar-refractivity contribution in [2.24, 2.45) is 0 Å². The standard InChI is InChI=1S/C17H17NO4/c19-14-8-12-11(15(16(14)20)17(21)22)6-7-18-9-13(12)10-4-2-1-3-5-10/h1-5,8,13,18-20H,6-7,9H2,(H,21,22). The Morgan fingerprint density at radius 1 is 1.18 bits per heavy atom. The van der Waals surface area contributed by atoms with Crippen LogP contribution in [-0.2, 0) is 6.42 Å². The van der Waals surface area contributed by atoms with Crippen LogP contribution < -0.4 is 5.32 Å². The van der Waals surface area contributed by atoms with Crippen LogP contribution in [0.15, 0.2) is 36.4 Å². The first-order valence-corrected chi connectivity index (χ1v) is 7.16. The number of rotatable bonds is 2. The van der Waals surface area contributed by atoms with Crippen molar-refractivity contribution in [3.05, 3.63) is 58.7 Å². The lowest BCUT2D eigenvalue weighted by Gasteiger charge is -2.20. The summed E-state index contributed by atoms with van der Waals surface area (Å²) in [6.45, 7) is 1.28. The summed E-state index contributed by atoms with van der Waals surface area (Å²) in [5.74, 6) is -2.24. The number of carboxylic acid groups (broad SMARTS) is 1. The Morgan fingerprint density at radius 2 is 1.91 bits per heavy atom. The SMILES string of the molecule is O=C(O)c1c(O)c(O)cc2c1CCNCC2c1ccccc1. The molecule has 0 spiro atoms. The van der Waals surface area contributed by atoms with Gasteiger partial charge in [0.1, 0.15) is 5.56 Å². The molecule has 1 unspecified atom stereocenters. The van der Waals surface area contributed by atoms with Gasteiger partial charge >= 0.3 is 5.97 Å². The number of nitrogens with one attached hydrogen (secondary N) is 1. The lowest BCUT2D eigenvalue weighted by atomic mass is 9.85. The second-order valence-electron chi connectivity index (χ2n) is 5.41. The van der Waals surface area contributed by atoms with Crippen LogP contribution in [0.3, 0.4) is 0 Å². The van der Waals surface area contributed by atoms with E-state index in [1.807, 2.05) is 30.3 Å². The normalized spacial score (nSPS) is 17.5. The molecular weight excluding hydrogens is 282 g/mol. The van der Waals surface area contributed by atoms with Crippen LogP contribution in [0.1, 0.15) is 33.0 Å². The van der Waals surface area contributed by atoms with Crippen molar-refractivity contribution in [2.45, 2.75) is 12.3 Å². The lowest BCUT2D eigenvalue weighted by Crippen LogP contribution is -2.20. The summed E-state index contributed by atoms with van der Waals surface area (Å²) in [6.07, 6.45) is 0.494. The topological polar surface area (TPSA) is 89.8 Å². The summed E-state index contributed by atoms with van der Waals surface area (Å²) >= 11 is 0. The van der Waals surface area contributed by atoms with Crippen LogP contribution in [0.5, 0.6) is 11.5 Å². The maximum absolute atomic E-state index is 11.5. The zero-order chi connectivity index (χ0) is 15.7. The molecular formula is C17H17NO4. The van der Waals surface area contributed by atoms with Gasteiger partial charge < -0.3 is 20.6 Å². The molecule has 0 bridgehead atoms. The van der Waals surface area contributed by atoms with Crippen molar-refractivity contribution in [1.82, 2.24) is 5.32 Å². The van der Waals surface area contributed by atoms with Gasteiger partial charge in [0.2, 0.25) is 0 Å². The molecule has 2 aromatic carbocycles. The molecule has 0 saturated heterocycles. The first-order valence-electron chi connectivity index (χ1n) is 7.16.